The third kappa shape index (κ3) is 10.9. The van der Waals surface area contributed by atoms with Gasteiger partial charge in [-0.3, -0.25) is 9.59 Å². The molecule has 0 saturated carbocycles. The lowest BCUT2D eigenvalue weighted by molar-refractivity contribution is -0.153. The Bertz CT molecular complexity index is 1050. The summed E-state index contributed by atoms with van der Waals surface area (Å²) >= 11 is 0. The fraction of sp³-hybridized carbons (Fsp3) is 0.455. The highest BCUT2D eigenvalue weighted by atomic mass is 16.6. The molecular weight excluding hydrogens is 490 g/mol. The molecule has 6 heteroatoms. The van der Waals surface area contributed by atoms with E-state index >= 15 is 0 Å². The van der Waals surface area contributed by atoms with Gasteiger partial charge in [-0.2, -0.15) is 5.26 Å². The first-order valence-electron chi connectivity index (χ1n) is 13.8. The van der Waals surface area contributed by atoms with Crippen molar-refractivity contribution >= 4 is 23.5 Å². The summed E-state index contributed by atoms with van der Waals surface area (Å²) in [5, 5.41) is 9.60. The maximum atomic E-state index is 12.5. The number of carbonyl (C=O) groups is 3. The molecule has 0 spiro atoms. The maximum absolute atomic E-state index is 12.5. The summed E-state index contributed by atoms with van der Waals surface area (Å²) in [5.74, 6) is -0.661. The number of ether oxygens (including phenoxy) is 2. The van der Waals surface area contributed by atoms with E-state index in [0.29, 0.717) is 12.2 Å². The standard InChI is InChI=1S/C21H21NO2.C6H8O3.C6H14/c1-3-16(2)15-24-21(23)19(14-22)20(17-10-6-4-7-11-17)18-12-8-5-9-13-18;1-3-4(2)6(8)9-5(3)7;1-4-6(3)5-2/h4-13,16H,3,15H2,1-2H3;3-4H,1-2H3;6H,4-5H2,1-3H3. The average Bonchev–Trinajstić information content (AvgIpc) is 3.19. The summed E-state index contributed by atoms with van der Waals surface area (Å²) in [6.45, 7) is 14.5. The summed E-state index contributed by atoms with van der Waals surface area (Å²) in [6, 6.07) is 21.0. The summed E-state index contributed by atoms with van der Waals surface area (Å²) in [5.41, 5.74) is 2.28. The molecule has 39 heavy (non-hydrogen) atoms. The van der Waals surface area contributed by atoms with Crippen LogP contribution in [0.2, 0.25) is 0 Å². The van der Waals surface area contributed by atoms with Gasteiger partial charge in [0.15, 0.2) is 0 Å². The Morgan fingerprint density at radius 3 is 1.51 bits per heavy atom. The van der Waals surface area contributed by atoms with Gasteiger partial charge in [-0.05, 0) is 23.0 Å². The normalized spacial score (nSPS) is 16.5. The van der Waals surface area contributed by atoms with Crippen LogP contribution in [-0.4, -0.2) is 24.5 Å². The molecule has 210 valence electrons. The zero-order valence-corrected chi connectivity index (χ0v) is 24.4. The number of cyclic esters (lactones) is 2. The highest BCUT2D eigenvalue weighted by Gasteiger charge is 2.37. The van der Waals surface area contributed by atoms with Crippen molar-refractivity contribution in [1.29, 1.82) is 5.26 Å². The Kier molecular flexibility index (Phi) is 15.1. The van der Waals surface area contributed by atoms with Crippen molar-refractivity contribution < 1.29 is 23.9 Å². The SMILES string of the molecule is CC1C(=O)OC(=O)C1C.CCC(C)CC.CCC(C)COC(=O)C(C#N)=C(c1ccccc1)c1ccccc1. The summed E-state index contributed by atoms with van der Waals surface area (Å²) in [7, 11) is 0. The first-order valence-corrected chi connectivity index (χ1v) is 13.8. The molecule has 2 aromatic carbocycles. The zero-order valence-electron chi connectivity index (χ0n) is 24.4. The largest absolute Gasteiger partial charge is 0.461 e. The monoisotopic (exact) mass is 533 g/mol. The molecule has 2 aromatic rings. The maximum Gasteiger partial charge on any atom is 0.349 e. The number of hydrogen-bond acceptors (Lipinski definition) is 6. The fourth-order valence-corrected chi connectivity index (χ4v) is 3.26. The summed E-state index contributed by atoms with van der Waals surface area (Å²) < 4.78 is 9.66. The molecule has 0 N–H and O–H groups in total. The van der Waals surface area contributed by atoms with Crippen molar-refractivity contribution in [2.75, 3.05) is 6.61 Å². The van der Waals surface area contributed by atoms with Crippen LogP contribution in [0.5, 0.6) is 0 Å². The Hall–Kier alpha value is -3.72. The van der Waals surface area contributed by atoms with Gasteiger partial charge in [-0.15, -0.1) is 0 Å². The second-order valence-electron chi connectivity index (χ2n) is 9.94. The van der Waals surface area contributed by atoms with Crippen LogP contribution in [0, 0.1) is 35.0 Å². The predicted molar refractivity (Wildman–Crippen MR) is 154 cm³/mol. The lowest BCUT2D eigenvalue weighted by Gasteiger charge is -2.13. The molecule has 1 aliphatic rings. The minimum absolute atomic E-state index is 0.0377. The van der Waals surface area contributed by atoms with E-state index in [1.165, 1.54) is 12.8 Å². The minimum atomic E-state index is -0.569. The van der Waals surface area contributed by atoms with E-state index in [0.717, 1.165) is 23.5 Å². The van der Waals surface area contributed by atoms with Crippen molar-refractivity contribution in [1.82, 2.24) is 0 Å². The first kappa shape index (κ1) is 33.3. The minimum Gasteiger partial charge on any atom is -0.461 e. The van der Waals surface area contributed by atoms with Crippen LogP contribution < -0.4 is 0 Å². The molecule has 1 fully saturated rings. The van der Waals surface area contributed by atoms with Gasteiger partial charge in [0.1, 0.15) is 11.6 Å². The third-order valence-corrected chi connectivity index (χ3v) is 6.98. The van der Waals surface area contributed by atoms with E-state index in [2.05, 4.69) is 25.5 Å². The van der Waals surface area contributed by atoms with E-state index in [9.17, 15) is 19.6 Å². The summed E-state index contributed by atoms with van der Waals surface area (Å²) in [6.07, 6.45) is 3.58. The summed E-state index contributed by atoms with van der Waals surface area (Å²) in [4.78, 5) is 33.6. The number of rotatable bonds is 8. The molecule has 0 amide bonds. The number of nitriles is 1. The van der Waals surface area contributed by atoms with Gasteiger partial charge in [0.2, 0.25) is 0 Å². The van der Waals surface area contributed by atoms with Crippen LogP contribution in [0.1, 0.15) is 78.9 Å². The quantitative estimate of drug-likeness (QED) is 0.152. The van der Waals surface area contributed by atoms with E-state index < -0.39 is 17.9 Å². The Morgan fingerprint density at radius 1 is 0.821 bits per heavy atom. The second kappa shape index (κ2) is 17.7. The molecule has 3 unspecified atom stereocenters. The number of nitrogens with zero attached hydrogens (tertiary/aromatic N) is 1. The van der Waals surface area contributed by atoms with Crippen molar-refractivity contribution in [3.05, 3.63) is 77.4 Å². The molecule has 0 aliphatic carbocycles. The fourth-order valence-electron chi connectivity index (χ4n) is 3.26. The van der Waals surface area contributed by atoms with Crippen molar-refractivity contribution in [3.8, 4) is 6.07 Å². The van der Waals surface area contributed by atoms with E-state index in [1.807, 2.05) is 80.6 Å². The van der Waals surface area contributed by atoms with Crippen LogP contribution in [0.3, 0.4) is 0 Å². The molecule has 1 saturated heterocycles. The molecule has 0 radical (unpaired) electrons. The predicted octanol–water partition coefficient (Wildman–Crippen LogP) is 7.39. The molecule has 3 atom stereocenters. The highest BCUT2D eigenvalue weighted by Crippen LogP contribution is 2.27. The van der Waals surface area contributed by atoms with E-state index in [-0.39, 0.29) is 23.3 Å². The van der Waals surface area contributed by atoms with Gasteiger partial charge >= 0.3 is 17.9 Å². The van der Waals surface area contributed by atoms with Gasteiger partial charge in [0.05, 0.1) is 18.4 Å². The number of benzene rings is 2. The number of carbonyl (C=O) groups excluding carboxylic acids is 3. The van der Waals surface area contributed by atoms with E-state index in [1.54, 1.807) is 13.8 Å². The van der Waals surface area contributed by atoms with Crippen LogP contribution >= 0.6 is 0 Å². The molecule has 0 bridgehead atoms. The van der Waals surface area contributed by atoms with Crippen LogP contribution in [0.4, 0.5) is 0 Å². The molecule has 1 heterocycles. The van der Waals surface area contributed by atoms with Crippen molar-refractivity contribution in [2.45, 2.75) is 67.7 Å². The number of esters is 3. The Balaban J connectivity index is 0.000000413. The van der Waals surface area contributed by atoms with Crippen LogP contribution in [-0.2, 0) is 23.9 Å². The van der Waals surface area contributed by atoms with Gasteiger partial charge in [0, 0.05) is 5.57 Å². The lowest BCUT2D eigenvalue weighted by Crippen LogP contribution is -2.14. The topological polar surface area (TPSA) is 93.5 Å². The van der Waals surface area contributed by atoms with Crippen molar-refractivity contribution in [3.63, 3.8) is 0 Å². The van der Waals surface area contributed by atoms with Gasteiger partial charge < -0.3 is 9.47 Å². The van der Waals surface area contributed by atoms with Crippen molar-refractivity contribution in [2.24, 2.45) is 23.7 Å². The second-order valence-corrected chi connectivity index (χ2v) is 9.94. The molecule has 1 aliphatic heterocycles. The third-order valence-electron chi connectivity index (χ3n) is 6.98. The van der Waals surface area contributed by atoms with Gasteiger partial charge in [-0.25, -0.2) is 4.79 Å². The molecule has 0 aromatic heterocycles. The van der Waals surface area contributed by atoms with Gasteiger partial charge in [-0.1, -0.05) is 128 Å². The Morgan fingerprint density at radius 2 is 1.23 bits per heavy atom. The smallest absolute Gasteiger partial charge is 0.349 e. The van der Waals surface area contributed by atoms with E-state index in [4.69, 9.17) is 4.74 Å². The average molecular weight is 534 g/mol. The molecule has 3 rings (SSSR count). The zero-order chi connectivity index (χ0) is 29.4. The molecule has 6 nitrogen and oxygen atoms in total. The lowest BCUT2D eigenvalue weighted by atomic mass is 9.93. The van der Waals surface area contributed by atoms with Gasteiger partial charge in [0.25, 0.3) is 0 Å². The first-order chi connectivity index (χ1) is 18.6. The highest BCUT2D eigenvalue weighted by molar-refractivity contribution is 6.05. The van der Waals surface area contributed by atoms with Crippen LogP contribution in [0.25, 0.3) is 5.57 Å². The van der Waals surface area contributed by atoms with Crippen LogP contribution in [0.15, 0.2) is 66.2 Å². The molecular formula is C33H43NO5. The number of hydrogen-bond donors (Lipinski definition) is 0. The Labute approximate surface area is 234 Å².